The molecule has 1 aliphatic rings. The van der Waals surface area contributed by atoms with Gasteiger partial charge in [0.25, 0.3) is 0 Å². The van der Waals surface area contributed by atoms with E-state index in [1.165, 1.54) is 50.5 Å². The van der Waals surface area contributed by atoms with E-state index in [1.807, 2.05) is 0 Å². The Labute approximate surface area is 93.7 Å². The maximum absolute atomic E-state index is 2.48. The lowest BCUT2D eigenvalue weighted by Gasteiger charge is -2.33. The number of benzene rings is 1. The maximum Gasteiger partial charge on any atom is -0.0274 e. The third-order valence-electron chi connectivity index (χ3n) is 3.92. The monoisotopic (exact) mass is 202 g/mol. The standard InChI is InChI=1S/C15H22/c1-15(11-6-3-7-12-15)13-10-14-8-4-2-5-9-14/h2,4-5,8-9H,3,6-7,10-13H2,1H3. The van der Waals surface area contributed by atoms with Crippen LogP contribution in [-0.2, 0) is 6.42 Å². The van der Waals surface area contributed by atoms with Crippen LogP contribution >= 0.6 is 0 Å². The van der Waals surface area contributed by atoms with Gasteiger partial charge in [-0.05, 0) is 36.7 Å². The molecule has 15 heavy (non-hydrogen) atoms. The second kappa shape index (κ2) is 4.83. The number of rotatable bonds is 3. The van der Waals surface area contributed by atoms with Crippen LogP contribution in [0, 0.1) is 5.41 Å². The molecule has 0 radical (unpaired) electrons. The van der Waals surface area contributed by atoms with Crippen LogP contribution in [0.5, 0.6) is 0 Å². The molecule has 1 aliphatic carbocycles. The molecule has 1 fully saturated rings. The number of hydrogen-bond acceptors (Lipinski definition) is 0. The van der Waals surface area contributed by atoms with Crippen LogP contribution in [0.15, 0.2) is 30.3 Å². The first kappa shape index (κ1) is 10.7. The zero-order chi connectivity index (χ0) is 10.6. The SMILES string of the molecule is CC1(CCc2ccccc2)CCCCC1. The average molecular weight is 202 g/mol. The highest BCUT2D eigenvalue weighted by Crippen LogP contribution is 2.39. The summed E-state index contributed by atoms with van der Waals surface area (Å²) >= 11 is 0. The highest BCUT2D eigenvalue weighted by Gasteiger charge is 2.25. The lowest BCUT2D eigenvalue weighted by molar-refractivity contribution is 0.199. The second-order valence-electron chi connectivity index (χ2n) is 5.36. The Morgan fingerprint density at radius 3 is 2.33 bits per heavy atom. The molecule has 0 saturated heterocycles. The molecule has 0 spiro atoms. The fourth-order valence-corrected chi connectivity index (χ4v) is 2.75. The molecule has 0 atom stereocenters. The number of aryl methyl sites for hydroxylation is 1. The smallest absolute Gasteiger partial charge is 0.0274 e. The van der Waals surface area contributed by atoms with Crippen molar-refractivity contribution in [2.75, 3.05) is 0 Å². The van der Waals surface area contributed by atoms with Gasteiger partial charge in [-0.2, -0.15) is 0 Å². The molecule has 0 aromatic heterocycles. The van der Waals surface area contributed by atoms with Crippen molar-refractivity contribution in [3.05, 3.63) is 35.9 Å². The average Bonchev–Trinajstić information content (AvgIpc) is 2.29. The van der Waals surface area contributed by atoms with E-state index in [0.717, 1.165) is 0 Å². The van der Waals surface area contributed by atoms with Gasteiger partial charge < -0.3 is 0 Å². The summed E-state index contributed by atoms with van der Waals surface area (Å²) < 4.78 is 0. The van der Waals surface area contributed by atoms with Crippen molar-refractivity contribution in [3.63, 3.8) is 0 Å². The summed E-state index contributed by atoms with van der Waals surface area (Å²) in [4.78, 5) is 0. The first-order chi connectivity index (χ1) is 7.29. The zero-order valence-corrected chi connectivity index (χ0v) is 9.84. The predicted molar refractivity (Wildman–Crippen MR) is 66.0 cm³/mol. The van der Waals surface area contributed by atoms with Crippen LogP contribution in [0.25, 0.3) is 0 Å². The summed E-state index contributed by atoms with van der Waals surface area (Å²) in [6, 6.07) is 10.9. The normalized spacial score (nSPS) is 20.1. The summed E-state index contributed by atoms with van der Waals surface area (Å²) in [7, 11) is 0. The molecule has 0 bridgehead atoms. The Kier molecular flexibility index (Phi) is 3.45. The molecule has 1 saturated carbocycles. The highest BCUT2D eigenvalue weighted by molar-refractivity contribution is 5.14. The van der Waals surface area contributed by atoms with E-state index in [9.17, 15) is 0 Å². The fraction of sp³-hybridized carbons (Fsp3) is 0.600. The molecule has 0 nitrogen and oxygen atoms in total. The van der Waals surface area contributed by atoms with Gasteiger partial charge >= 0.3 is 0 Å². The second-order valence-corrected chi connectivity index (χ2v) is 5.36. The first-order valence-corrected chi connectivity index (χ1v) is 6.32. The Hall–Kier alpha value is -0.780. The Bertz CT molecular complexity index is 280. The Morgan fingerprint density at radius 2 is 1.67 bits per heavy atom. The minimum atomic E-state index is 0.633. The molecule has 0 amide bonds. The van der Waals surface area contributed by atoms with Gasteiger partial charge in [0.15, 0.2) is 0 Å². The van der Waals surface area contributed by atoms with Crippen molar-refractivity contribution in [1.29, 1.82) is 0 Å². The van der Waals surface area contributed by atoms with Gasteiger partial charge in [0.1, 0.15) is 0 Å². The van der Waals surface area contributed by atoms with Crippen LogP contribution < -0.4 is 0 Å². The summed E-state index contributed by atoms with van der Waals surface area (Å²) in [6.45, 7) is 2.48. The third-order valence-corrected chi connectivity index (χ3v) is 3.92. The van der Waals surface area contributed by atoms with Crippen LogP contribution in [-0.4, -0.2) is 0 Å². The summed E-state index contributed by atoms with van der Waals surface area (Å²) in [5.41, 5.74) is 2.14. The largest absolute Gasteiger partial charge is 0.0622 e. The van der Waals surface area contributed by atoms with Gasteiger partial charge in [-0.25, -0.2) is 0 Å². The van der Waals surface area contributed by atoms with Crippen molar-refractivity contribution >= 4 is 0 Å². The van der Waals surface area contributed by atoms with E-state index in [1.54, 1.807) is 0 Å². The minimum Gasteiger partial charge on any atom is -0.0622 e. The van der Waals surface area contributed by atoms with E-state index in [-0.39, 0.29) is 0 Å². The molecular formula is C15H22. The van der Waals surface area contributed by atoms with E-state index < -0.39 is 0 Å². The zero-order valence-electron chi connectivity index (χ0n) is 9.84. The molecule has 2 rings (SSSR count). The van der Waals surface area contributed by atoms with Crippen molar-refractivity contribution in [3.8, 4) is 0 Å². The molecule has 0 N–H and O–H groups in total. The van der Waals surface area contributed by atoms with Crippen molar-refractivity contribution in [2.24, 2.45) is 5.41 Å². The van der Waals surface area contributed by atoms with Crippen molar-refractivity contribution in [1.82, 2.24) is 0 Å². The van der Waals surface area contributed by atoms with Gasteiger partial charge in [-0.1, -0.05) is 56.5 Å². The van der Waals surface area contributed by atoms with Gasteiger partial charge in [-0.3, -0.25) is 0 Å². The lowest BCUT2D eigenvalue weighted by atomic mass is 9.72. The molecule has 1 aromatic carbocycles. The minimum absolute atomic E-state index is 0.633. The molecule has 0 heterocycles. The molecule has 0 aliphatic heterocycles. The van der Waals surface area contributed by atoms with Crippen molar-refractivity contribution in [2.45, 2.75) is 51.9 Å². The highest BCUT2D eigenvalue weighted by atomic mass is 14.3. The predicted octanol–water partition coefficient (Wildman–Crippen LogP) is 4.59. The molecule has 0 heteroatoms. The summed E-state index contributed by atoms with van der Waals surface area (Å²) in [5, 5.41) is 0. The topological polar surface area (TPSA) is 0 Å². The fourth-order valence-electron chi connectivity index (χ4n) is 2.75. The summed E-state index contributed by atoms with van der Waals surface area (Å²) in [5.74, 6) is 0. The lowest BCUT2D eigenvalue weighted by Crippen LogP contribution is -2.20. The third kappa shape index (κ3) is 3.09. The Balaban J connectivity index is 1.87. The van der Waals surface area contributed by atoms with Crippen LogP contribution in [0.1, 0.15) is 51.0 Å². The molecule has 0 unspecified atom stereocenters. The molecular weight excluding hydrogens is 180 g/mol. The van der Waals surface area contributed by atoms with Crippen LogP contribution in [0.4, 0.5) is 0 Å². The molecule has 1 aromatic rings. The van der Waals surface area contributed by atoms with Gasteiger partial charge in [0.2, 0.25) is 0 Å². The van der Waals surface area contributed by atoms with Gasteiger partial charge in [0.05, 0.1) is 0 Å². The van der Waals surface area contributed by atoms with Gasteiger partial charge in [0, 0.05) is 0 Å². The van der Waals surface area contributed by atoms with Crippen LogP contribution in [0.2, 0.25) is 0 Å². The van der Waals surface area contributed by atoms with Crippen molar-refractivity contribution < 1.29 is 0 Å². The molecule has 82 valence electrons. The van der Waals surface area contributed by atoms with E-state index in [4.69, 9.17) is 0 Å². The Morgan fingerprint density at radius 1 is 1.00 bits per heavy atom. The number of hydrogen-bond donors (Lipinski definition) is 0. The first-order valence-electron chi connectivity index (χ1n) is 6.32. The van der Waals surface area contributed by atoms with E-state index in [0.29, 0.717) is 5.41 Å². The summed E-state index contributed by atoms with van der Waals surface area (Å²) in [6.07, 6.45) is 9.88. The maximum atomic E-state index is 2.48. The quantitative estimate of drug-likeness (QED) is 0.672. The van der Waals surface area contributed by atoms with Crippen LogP contribution in [0.3, 0.4) is 0 Å². The van der Waals surface area contributed by atoms with E-state index in [2.05, 4.69) is 37.3 Å². The van der Waals surface area contributed by atoms with E-state index >= 15 is 0 Å². The van der Waals surface area contributed by atoms with Gasteiger partial charge in [-0.15, -0.1) is 0 Å².